The van der Waals surface area contributed by atoms with Crippen LogP contribution in [0.5, 0.6) is 5.75 Å². The Labute approximate surface area is 205 Å². The number of urea groups is 1. The molecule has 0 radical (unpaired) electrons. The van der Waals surface area contributed by atoms with Crippen LogP contribution < -0.4 is 4.74 Å². The lowest BCUT2D eigenvalue weighted by Gasteiger charge is -2.44. The number of hydrogen-bond donors (Lipinski definition) is 0. The predicted molar refractivity (Wildman–Crippen MR) is 136 cm³/mol. The van der Waals surface area contributed by atoms with Crippen LogP contribution in [-0.2, 0) is 11.2 Å². The van der Waals surface area contributed by atoms with E-state index in [0.29, 0.717) is 44.9 Å². The molecule has 3 amide bonds. The fourth-order valence-corrected chi connectivity index (χ4v) is 5.08. The number of likely N-dealkylation sites (N-methyl/N-ethyl adjacent to an activating group) is 1. The van der Waals surface area contributed by atoms with Crippen molar-refractivity contribution >= 4 is 11.9 Å². The highest BCUT2D eigenvalue weighted by Crippen LogP contribution is 2.38. The van der Waals surface area contributed by atoms with E-state index in [-0.39, 0.29) is 11.9 Å². The number of amides is 3. The lowest BCUT2D eigenvalue weighted by Crippen LogP contribution is -2.58. The Hall–Kier alpha value is -2.38. The first-order valence-corrected chi connectivity index (χ1v) is 12.5. The lowest BCUT2D eigenvalue weighted by atomic mass is 9.84. The van der Waals surface area contributed by atoms with Crippen LogP contribution in [0.1, 0.15) is 45.1 Å². The number of allylic oxidation sites excluding steroid dienone is 1. The summed E-state index contributed by atoms with van der Waals surface area (Å²) in [5.74, 6) is 0.805. The van der Waals surface area contributed by atoms with Crippen molar-refractivity contribution in [2.75, 3.05) is 53.9 Å². The molecule has 1 atom stereocenters. The number of hydrogen-bond acceptors (Lipinski definition) is 5. The van der Waals surface area contributed by atoms with Crippen molar-refractivity contribution in [3.8, 4) is 5.75 Å². The maximum absolute atomic E-state index is 13.7. The second kappa shape index (κ2) is 11.4. The van der Waals surface area contributed by atoms with Crippen LogP contribution in [0.2, 0.25) is 0 Å². The summed E-state index contributed by atoms with van der Waals surface area (Å²) >= 11 is 0. The number of carbonyl (C=O) groups excluding carboxylic acids is 2. The highest BCUT2D eigenvalue weighted by Gasteiger charge is 2.57. The Bertz CT molecular complexity index is 859. The van der Waals surface area contributed by atoms with Gasteiger partial charge in [0, 0.05) is 38.8 Å². The molecule has 0 aliphatic carbocycles. The Kier molecular flexibility index (Phi) is 8.77. The third-order valence-corrected chi connectivity index (χ3v) is 7.41. The predicted octanol–water partition coefficient (Wildman–Crippen LogP) is 3.64. The van der Waals surface area contributed by atoms with Gasteiger partial charge in [-0.2, -0.15) is 0 Å². The molecular weight excluding hydrogens is 428 g/mol. The maximum Gasteiger partial charge on any atom is 0.327 e. The van der Waals surface area contributed by atoms with Gasteiger partial charge in [-0.1, -0.05) is 17.7 Å². The van der Waals surface area contributed by atoms with Gasteiger partial charge in [0.15, 0.2) is 0 Å². The summed E-state index contributed by atoms with van der Waals surface area (Å²) < 4.78 is 5.26. The molecule has 7 nitrogen and oxygen atoms in total. The van der Waals surface area contributed by atoms with E-state index in [4.69, 9.17) is 4.74 Å². The van der Waals surface area contributed by atoms with E-state index in [1.807, 2.05) is 48.2 Å². The molecule has 188 valence electrons. The van der Waals surface area contributed by atoms with Crippen molar-refractivity contribution in [3.05, 3.63) is 42.0 Å². The minimum Gasteiger partial charge on any atom is -0.497 e. The number of piperidine rings is 1. The van der Waals surface area contributed by atoms with Gasteiger partial charge in [-0.3, -0.25) is 9.69 Å². The molecule has 1 aromatic rings. The molecule has 2 heterocycles. The highest BCUT2D eigenvalue weighted by molar-refractivity contribution is 6.07. The Morgan fingerprint density at radius 3 is 2.35 bits per heavy atom. The second-order valence-electron chi connectivity index (χ2n) is 10.2. The molecule has 2 aliphatic heterocycles. The summed E-state index contributed by atoms with van der Waals surface area (Å²) in [6.45, 7) is 11.7. The Morgan fingerprint density at radius 2 is 1.79 bits per heavy atom. The van der Waals surface area contributed by atoms with Crippen molar-refractivity contribution in [1.82, 2.24) is 19.6 Å². The summed E-state index contributed by atoms with van der Waals surface area (Å²) in [5.41, 5.74) is 1.62. The van der Waals surface area contributed by atoms with E-state index < -0.39 is 5.54 Å². The van der Waals surface area contributed by atoms with E-state index in [1.165, 1.54) is 10.5 Å². The molecule has 0 saturated carbocycles. The largest absolute Gasteiger partial charge is 0.497 e. The van der Waals surface area contributed by atoms with E-state index in [2.05, 4.69) is 25.3 Å². The molecule has 3 rings (SSSR count). The number of imide groups is 1. The van der Waals surface area contributed by atoms with Gasteiger partial charge in [-0.25, -0.2) is 4.79 Å². The Balaban J connectivity index is 1.74. The molecule has 1 aromatic carbocycles. The van der Waals surface area contributed by atoms with Crippen LogP contribution in [-0.4, -0.2) is 97.0 Å². The summed E-state index contributed by atoms with van der Waals surface area (Å²) in [6, 6.07) is 8.25. The average Bonchev–Trinajstić information content (AvgIpc) is 3.00. The third kappa shape index (κ3) is 5.81. The number of carbonyl (C=O) groups is 2. The fraction of sp³-hybridized carbons (Fsp3) is 0.630. The van der Waals surface area contributed by atoms with Crippen LogP contribution in [0.4, 0.5) is 4.79 Å². The van der Waals surface area contributed by atoms with E-state index >= 15 is 0 Å². The SMILES string of the molecule is C=C(C)CCC(C)N1CCC2(CC1)C(=O)N(CCN(C)C)C(=O)N2CCc1ccc(OC)cc1. The summed E-state index contributed by atoms with van der Waals surface area (Å²) in [7, 11) is 5.58. The minimum absolute atomic E-state index is 0.0108. The summed E-state index contributed by atoms with van der Waals surface area (Å²) in [6.07, 6.45) is 4.19. The average molecular weight is 471 g/mol. The standard InChI is InChI=1S/C27H42N4O3/c1-21(2)7-8-22(3)29-17-14-27(15-18-29)25(32)30(20-19-28(4)5)26(33)31(27)16-13-23-9-11-24(34-6)12-10-23/h9-12,22H,1,7-8,13-20H2,2-6H3. The van der Waals surface area contributed by atoms with Gasteiger partial charge in [-0.05, 0) is 77.7 Å². The van der Waals surface area contributed by atoms with Crippen LogP contribution >= 0.6 is 0 Å². The topological polar surface area (TPSA) is 56.3 Å². The van der Waals surface area contributed by atoms with Gasteiger partial charge in [-0.15, -0.1) is 6.58 Å². The zero-order valence-corrected chi connectivity index (χ0v) is 21.7. The molecule has 34 heavy (non-hydrogen) atoms. The monoisotopic (exact) mass is 470 g/mol. The molecule has 1 spiro atoms. The molecule has 1 unspecified atom stereocenters. The van der Waals surface area contributed by atoms with Crippen molar-refractivity contribution in [2.24, 2.45) is 0 Å². The minimum atomic E-state index is -0.722. The first-order chi connectivity index (χ1) is 16.2. The maximum atomic E-state index is 13.7. The fourth-order valence-electron chi connectivity index (χ4n) is 5.08. The molecule has 0 N–H and O–H groups in total. The van der Waals surface area contributed by atoms with E-state index in [0.717, 1.165) is 37.2 Å². The van der Waals surface area contributed by atoms with Gasteiger partial charge >= 0.3 is 6.03 Å². The van der Waals surface area contributed by atoms with Gasteiger partial charge in [0.1, 0.15) is 11.3 Å². The van der Waals surface area contributed by atoms with Crippen LogP contribution in [0, 0.1) is 0 Å². The van der Waals surface area contributed by atoms with Gasteiger partial charge in [0.2, 0.25) is 0 Å². The Morgan fingerprint density at radius 1 is 1.15 bits per heavy atom. The molecule has 2 aliphatic rings. The number of ether oxygens (including phenoxy) is 1. The number of rotatable bonds is 11. The van der Waals surface area contributed by atoms with Crippen molar-refractivity contribution < 1.29 is 14.3 Å². The summed E-state index contributed by atoms with van der Waals surface area (Å²) in [4.78, 5) is 35.0. The zero-order valence-electron chi connectivity index (χ0n) is 21.7. The molecular formula is C27H42N4O3. The first kappa shape index (κ1) is 26.2. The van der Waals surface area contributed by atoms with Crippen LogP contribution in [0.3, 0.4) is 0 Å². The smallest absolute Gasteiger partial charge is 0.327 e. The van der Waals surface area contributed by atoms with E-state index in [1.54, 1.807) is 7.11 Å². The quantitative estimate of drug-likeness (QED) is 0.365. The van der Waals surface area contributed by atoms with Crippen LogP contribution in [0.25, 0.3) is 0 Å². The summed E-state index contributed by atoms with van der Waals surface area (Å²) in [5, 5.41) is 0. The number of likely N-dealkylation sites (tertiary alicyclic amines) is 1. The molecule has 2 saturated heterocycles. The van der Waals surface area contributed by atoms with Crippen molar-refractivity contribution in [1.29, 1.82) is 0 Å². The lowest BCUT2D eigenvalue weighted by molar-refractivity contribution is -0.136. The normalized spacial score (nSPS) is 19.4. The zero-order chi connectivity index (χ0) is 24.9. The number of methoxy groups -OCH3 is 1. The number of benzene rings is 1. The van der Waals surface area contributed by atoms with E-state index in [9.17, 15) is 9.59 Å². The molecule has 0 aromatic heterocycles. The number of nitrogens with zero attached hydrogens (tertiary/aromatic N) is 4. The van der Waals surface area contributed by atoms with Gasteiger partial charge in [0.05, 0.1) is 7.11 Å². The third-order valence-electron chi connectivity index (χ3n) is 7.41. The molecule has 2 fully saturated rings. The van der Waals surface area contributed by atoms with Gasteiger partial charge in [0.25, 0.3) is 5.91 Å². The van der Waals surface area contributed by atoms with Gasteiger partial charge < -0.3 is 19.4 Å². The highest BCUT2D eigenvalue weighted by atomic mass is 16.5. The van der Waals surface area contributed by atoms with Crippen molar-refractivity contribution in [2.45, 2.75) is 57.5 Å². The van der Waals surface area contributed by atoms with Crippen LogP contribution in [0.15, 0.2) is 36.4 Å². The second-order valence-corrected chi connectivity index (χ2v) is 10.2. The van der Waals surface area contributed by atoms with Crippen molar-refractivity contribution in [3.63, 3.8) is 0 Å². The molecule has 7 heteroatoms. The first-order valence-electron chi connectivity index (χ1n) is 12.5. The molecule has 0 bridgehead atoms.